The summed E-state index contributed by atoms with van der Waals surface area (Å²) < 4.78 is 41.2. The third-order valence-electron chi connectivity index (χ3n) is 7.71. The molecule has 1 saturated heterocycles. The van der Waals surface area contributed by atoms with E-state index in [1.807, 2.05) is 4.90 Å². The van der Waals surface area contributed by atoms with Crippen LogP contribution in [0.5, 0.6) is 0 Å². The lowest BCUT2D eigenvalue weighted by atomic mass is 10.2. The summed E-state index contributed by atoms with van der Waals surface area (Å²) in [6, 6.07) is 2.23. The Morgan fingerprint density at radius 3 is 2.62 bits per heavy atom. The fraction of sp³-hybridized carbons (Fsp3) is 0.640. The van der Waals surface area contributed by atoms with Crippen LogP contribution in [-0.2, 0) is 25.7 Å². The molecule has 3 aromatic heterocycles. The van der Waals surface area contributed by atoms with Crippen molar-refractivity contribution in [3.8, 4) is 0 Å². The average Bonchev–Trinajstić information content (AvgIpc) is 3.69. The smallest absolute Gasteiger partial charge is 0.347 e. The van der Waals surface area contributed by atoms with Crippen LogP contribution in [0.2, 0.25) is 0 Å². The van der Waals surface area contributed by atoms with Gasteiger partial charge in [0.2, 0.25) is 11.8 Å². The highest BCUT2D eigenvalue weighted by molar-refractivity contribution is 7.18. The molecule has 2 N–H and O–H groups in total. The number of aromatic nitrogens is 5. The van der Waals surface area contributed by atoms with Gasteiger partial charge in [0, 0.05) is 43.1 Å². The zero-order valence-electron chi connectivity index (χ0n) is 21.8. The fourth-order valence-corrected chi connectivity index (χ4v) is 6.91. The molecule has 2 aliphatic heterocycles. The maximum atomic E-state index is 13.4. The summed E-state index contributed by atoms with van der Waals surface area (Å²) in [4.78, 5) is 28.4. The number of amides is 2. The van der Waals surface area contributed by atoms with Crippen molar-refractivity contribution in [2.45, 2.75) is 83.2 Å². The number of halogens is 3. The van der Waals surface area contributed by atoms with Crippen LogP contribution in [0.15, 0.2) is 6.07 Å². The molecule has 2 fully saturated rings. The number of aryl methyl sites for hydroxylation is 1. The molecule has 39 heavy (non-hydrogen) atoms. The maximum Gasteiger partial charge on any atom is 0.451 e. The Bertz CT molecular complexity index is 1350. The molecule has 0 radical (unpaired) electrons. The number of hydrogen-bond acceptors (Lipinski definition) is 8. The summed E-state index contributed by atoms with van der Waals surface area (Å²) in [6.45, 7) is 4.08. The third-order valence-corrected chi connectivity index (χ3v) is 8.80. The Balaban J connectivity index is 1.24. The maximum absolute atomic E-state index is 13.4. The van der Waals surface area contributed by atoms with E-state index in [1.54, 1.807) is 11.3 Å². The van der Waals surface area contributed by atoms with Crippen LogP contribution in [0.25, 0.3) is 10.2 Å². The fourth-order valence-electron chi connectivity index (χ4n) is 5.79. The van der Waals surface area contributed by atoms with Gasteiger partial charge >= 0.3 is 12.2 Å². The van der Waals surface area contributed by atoms with Crippen molar-refractivity contribution in [1.82, 2.24) is 35.4 Å². The third kappa shape index (κ3) is 5.35. The van der Waals surface area contributed by atoms with E-state index < -0.39 is 12.0 Å². The molecule has 1 aliphatic carbocycles. The van der Waals surface area contributed by atoms with Crippen molar-refractivity contribution in [2.24, 2.45) is 0 Å². The van der Waals surface area contributed by atoms with Crippen molar-refractivity contribution in [3.05, 3.63) is 22.6 Å². The summed E-state index contributed by atoms with van der Waals surface area (Å²) in [5.74, 6) is 0.585. The summed E-state index contributed by atoms with van der Waals surface area (Å²) in [5.41, 5.74) is 0. The van der Waals surface area contributed by atoms with Gasteiger partial charge in [-0.05, 0) is 31.7 Å². The number of thiophene rings is 1. The second-order valence-electron chi connectivity index (χ2n) is 10.6. The SMILES string of the molecule is CCCc1cc2c(N3CCn4c(nnc4C(F)(F)F)C3)nc(N3CCC(NC(=O)NC4CCCC4)C3)nc2s1. The number of fused-ring (bicyclic) bond motifs is 2. The van der Waals surface area contributed by atoms with Crippen LogP contribution in [0.3, 0.4) is 0 Å². The van der Waals surface area contributed by atoms with E-state index >= 15 is 0 Å². The molecule has 3 aliphatic rings. The molecule has 14 heteroatoms. The zero-order valence-corrected chi connectivity index (χ0v) is 22.6. The molecule has 210 valence electrons. The first-order chi connectivity index (χ1) is 18.8. The summed E-state index contributed by atoms with van der Waals surface area (Å²) in [6.07, 6.45) is 2.55. The van der Waals surface area contributed by atoms with E-state index in [-0.39, 0.29) is 37.0 Å². The Morgan fingerprint density at radius 2 is 1.85 bits per heavy atom. The van der Waals surface area contributed by atoms with E-state index in [1.165, 1.54) is 4.88 Å². The van der Waals surface area contributed by atoms with Gasteiger partial charge in [0.25, 0.3) is 0 Å². The number of alkyl halides is 3. The minimum atomic E-state index is -4.54. The lowest BCUT2D eigenvalue weighted by molar-refractivity contribution is -0.147. The molecule has 0 spiro atoms. The van der Waals surface area contributed by atoms with Crippen molar-refractivity contribution in [3.63, 3.8) is 0 Å². The molecule has 2 amide bonds. The molecule has 1 saturated carbocycles. The topological polar surface area (TPSA) is 104 Å². The number of carbonyl (C=O) groups excluding carboxylic acids is 1. The molecule has 6 rings (SSSR count). The van der Waals surface area contributed by atoms with Gasteiger partial charge < -0.3 is 25.0 Å². The molecule has 3 aromatic rings. The van der Waals surface area contributed by atoms with Gasteiger partial charge in [-0.3, -0.25) is 0 Å². The molecule has 5 heterocycles. The Morgan fingerprint density at radius 1 is 1.05 bits per heavy atom. The first-order valence-corrected chi connectivity index (χ1v) is 14.5. The highest BCUT2D eigenvalue weighted by atomic mass is 32.1. The van der Waals surface area contributed by atoms with Crippen LogP contribution in [0.4, 0.5) is 29.7 Å². The predicted molar refractivity (Wildman–Crippen MR) is 142 cm³/mol. The van der Waals surface area contributed by atoms with Gasteiger partial charge in [-0.15, -0.1) is 21.5 Å². The number of carbonyl (C=O) groups is 1. The molecule has 10 nitrogen and oxygen atoms in total. The average molecular weight is 564 g/mol. The Labute approximate surface area is 228 Å². The second-order valence-corrected chi connectivity index (χ2v) is 11.7. The van der Waals surface area contributed by atoms with Crippen LogP contribution >= 0.6 is 11.3 Å². The largest absolute Gasteiger partial charge is 0.451 e. The summed E-state index contributed by atoms with van der Waals surface area (Å²) >= 11 is 1.63. The number of hydrogen-bond donors (Lipinski definition) is 2. The van der Waals surface area contributed by atoms with Gasteiger partial charge in [0.05, 0.1) is 11.9 Å². The van der Waals surface area contributed by atoms with Crippen LogP contribution < -0.4 is 20.4 Å². The monoisotopic (exact) mass is 563 g/mol. The normalized spacial score (nSPS) is 20.2. The van der Waals surface area contributed by atoms with Gasteiger partial charge in [-0.2, -0.15) is 18.2 Å². The first-order valence-electron chi connectivity index (χ1n) is 13.6. The molecular weight excluding hydrogens is 531 g/mol. The molecule has 0 bridgehead atoms. The zero-order chi connectivity index (χ0) is 27.1. The molecule has 1 unspecified atom stereocenters. The lowest BCUT2D eigenvalue weighted by Crippen LogP contribution is -2.46. The standard InChI is InChI=1S/C25H32F3N9OS/c1-2-5-17-12-18-20(35-10-11-37-19(14-35)33-34-22(37)25(26,27)28)31-23(32-21(18)39-17)36-9-8-16(13-36)30-24(38)29-15-6-3-4-7-15/h12,15-16H,2-11,13-14H2,1H3,(H2,29,30,38). The first kappa shape index (κ1) is 26.1. The minimum Gasteiger partial charge on any atom is -0.347 e. The summed E-state index contributed by atoms with van der Waals surface area (Å²) in [7, 11) is 0. The second kappa shape index (κ2) is 10.4. The van der Waals surface area contributed by atoms with E-state index in [4.69, 9.17) is 9.97 Å². The van der Waals surface area contributed by atoms with E-state index in [0.29, 0.717) is 31.4 Å². The lowest BCUT2D eigenvalue weighted by Gasteiger charge is -2.30. The predicted octanol–water partition coefficient (Wildman–Crippen LogP) is 4.09. The van der Waals surface area contributed by atoms with Crippen LogP contribution in [0, 0.1) is 0 Å². The van der Waals surface area contributed by atoms with Gasteiger partial charge in [0.1, 0.15) is 10.6 Å². The highest BCUT2D eigenvalue weighted by Gasteiger charge is 2.40. The number of urea groups is 1. The molecule has 1 atom stereocenters. The number of anilines is 2. The number of nitrogens with one attached hydrogen (secondary N) is 2. The molecular formula is C25H32F3N9OS. The Kier molecular flexibility index (Phi) is 6.98. The molecule has 0 aromatic carbocycles. The number of rotatable bonds is 6. The van der Waals surface area contributed by atoms with Gasteiger partial charge in [-0.1, -0.05) is 26.2 Å². The van der Waals surface area contributed by atoms with Crippen molar-refractivity contribution >= 4 is 39.4 Å². The highest BCUT2D eigenvalue weighted by Crippen LogP contribution is 2.36. The van der Waals surface area contributed by atoms with Crippen molar-refractivity contribution in [2.75, 3.05) is 29.4 Å². The van der Waals surface area contributed by atoms with E-state index in [2.05, 4.69) is 38.7 Å². The van der Waals surface area contributed by atoms with Crippen molar-refractivity contribution < 1.29 is 18.0 Å². The van der Waals surface area contributed by atoms with E-state index in [0.717, 1.165) is 59.7 Å². The van der Waals surface area contributed by atoms with E-state index in [9.17, 15) is 18.0 Å². The van der Waals surface area contributed by atoms with Gasteiger partial charge in [0.15, 0.2) is 5.82 Å². The van der Waals surface area contributed by atoms with Crippen LogP contribution in [-0.4, -0.2) is 62.5 Å². The summed E-state index contributed by atoms with van der Waals surface area (Å²) in [5, 5.41) is 14.3. The van der Waals surface area contributed by atoms with Gasteiger partial charge in [-0.25, -0.2) is 9.78 Å². The Hall–Kier alpha value is -3.16. The number of nitrogens with zero attached hydrogens (tertiary/aromatic N) is 7. The quantitative estimate of drug-likeness (QED) is 0.466. The van der Waals surface area contributed by atoms with Crippen molar-refractivity contribution in [1.29, 1.82) is 0 Å². The minimum absolute atomic E-state index is 0.0116. The van der Waals surface area contributed by atoms with Crippen LogP contribution in [0.1, 0.15) is 62.0 Å².